The Balaban J connectivity index is 2.04. The first-order valence-corrected chi connectivity index (χ1v) is 6.76. The van der Waals surface area contributed by atoms with Crippen LogP contribution < -0.4 is 15.8 Å². The second kappa shape index (κ2) is 5.51. The summed E-state index contributed by atoms with van der Waals surface area (Å²) in [7, 11) is 1.55. The van der Waals surface area contributed by atoms with Gasteiger partial charge in [-0.3, -0.25) is 4.79 Å². The third-order valence-corrected chi connectivity index (χ3v) is 4.02. The van der Waals surface area contributed by atoms with Crippen molar-refractivity contribution < 1.29 is 9.53 Å². The lowest BCUT2D eigenvalue weighted by atomic mass is 9.89. The molecule has 0 atom stereocenters. The molecule has 2 rings (SSSR count). The number of amides is 1. The van der Waals surface area contributed by atoms with Gasteiger partial charge in [0.1, 0.15) is 5.75 Å². The first-order valence-electron chi connectivity index (χ1n) is 6.76. The molecule has 1 aliphatic rings. The highest BCUT2D eigenvalue weighted by molar-refractivity contribution is 6.00. The van der Waals surface area contributed by atoms with Crippen LogP contribution in [-0.4, -0.2) is 19.6 Å². The number of anilines is 1. The summed E-state index contributed by atoms with van der Waals surface area (Å²) in [5.74, 6) is 0.421. The maximum atomic E-state index is 12.2. The number of para-hydroxylation sites is 1. The number of benzene rings is 1. The van der Waals surface area contributed by atoms with Crippen LogP contribution >= 0.6 is 0 Å². The van der Waals surface area contributed by atoms with E-state index >= 15 is 0 Å². The molecule has 1 aliphatic carbocycles. The Morgan fingerprint density at radius 2 is 2.11 bits per heavy atom. The van der Waals surface area contributed by atoms with E-state index in [1.165, 1.54) is 25.7 Å². The first-order chi connectivity index (χ1) is 9.06. The molecule has 0 bridgehead atoms. The number of nitrogens with two attached hydrogens (primary N) is 1. The largest absolute Gasteiger partial charge is 0.495 e. The fourth-order valence-corrected chi connectivity index (χ4v) is 2.71. The summed E-state index contributed by atoms with van der Waals surface area (Å²) < 4.78 is 5.13. The maximum absolute atomic E-state index is 12.2. The second-order valence-corrected chi connectivity index (χ2v) is 5.62. The van der Waals surface area contributed by atoms with Crippen LogP contribution in [0.5, 0.6) is 5.75 Å². The van der Waals surface area contributed by atoms with Gasteiger partial charge in [-0.15, -0.1) is 0 Å². The number of hydrogen-bond acceptors (Lipinski definition) is 3. The van der Waals surface area contributed by atoms with Gasteiger partial charge in [0.05, 0.1) is 18.4 Å². The van der Waals surface area contributed by atoms with Crippen molar-refractivity contribution in [1.29, 1.82) is 0 Å². The van der Waals surface area contributed by atoms with Gasteiger partial charge in [-0.1, -0.05) is 25.8 Å². The molecule has 1 aromatic rings. The van der Waals surface area contributed by atoms with E-state index < -0.39 is 0 Å². The van der Waals surface area contributed by atoms with Gasteiger partial charge in [-0.2, -0.15) is 0 Å². The zero-order valence-corrected chi connectivity index (χ0v) is 11.7. The number of hydrogen-bond donors (Lipinski definition) is 2. The van der Waals surface area contributed by atoms with Crippen molar-refractivity contribution in [1.82, 2.24) is 5.32 Å². The average Bonchev–Trinajstić information content (AvgIpc) is 2.84. The summed E-state index contributed by atoms with van der Waals surface area (Å²) in [4.78, 5) is 12.2. The van der Waals surface area contributed by atoms with E-state index in [0.717, 1.165) is 0 Å². The van der Waals surface area contributed by atoms with Crippen LogP contribution in [0.4, 0.5) is 5.69 Å². The summed E-state index contributed by atoms with van der Waals surface area (Å²) in [5, 5.41) is 3.00. The highest BCUT2D eigenvalue weighted by Gasteiger charge is 2.29. The Bertz CT molecular complexity index is 465. The van der Waals surface area contributed by atoms with Crippen molar-refractivity contribution in [2.45, 2.75) is 32.6 Å². The molecule has 3 N–H and O–H groups in total. The zero-order chi connectivity index (χ0) is 13.9. The predicted octanol–water partition coefficient (Wildman–Crippen LogP) is 2.59. The topological polar surface area (TPSA) is 64.3 Å². The van der Waals surface area contributed by atoms with E-state index in [1.54, 1.807) is 25.3 Å². The molecule has 1 aromatic carbocycles. The van der Waals surface area contributed by atoms with Gasteiger partial charge >= 0.3 is 0 Å². The summed E-state index contributed by atoms with van der Waals surface area (Å²) in [6.07, 6.45) is 4.88. The van der Waals surface area contributed by atoms with Crippen LogP contribution in [0.25, 0.3) is 0 Å². The van der Waals surface area contributed by atoms with E-state index in [9.17, 15) is 4.79 Å². The van der Waals surface area contributed by atoms with Crippen LogP contribution in [0, 0.1) is 5.41 Å². The van der Waals surface area contributed by atoms with Crippen LogP contribution in [-0.2, 0) is 0 Å². The summed E-state index contributed by atoms with van der Waals surface area (Å²) in [5.41, 5.74) is 7.05. The molecule has 0 spiro atoms. The molecule has 104 valence electrons. The fourth-order valence-electron chi connectivity index (χ4n) is 2.71. The molecule has 1 amide bonds. The van der Waals surface area contributed by atoms with Gasteiger partial charge in [0.25, 0.3) is 5.91 Å². The van der Waals surface area contributed by atoms with Crippen LogP contribution in [0.1, 0.15) is 43.0 Å². The Morgan fingerprint density at radius 1 is 1.42 bits per heavy atom. The molecule has 19 heavy (non-hydrogen) atoms. The molecule has 0 unspecified atom stereocenters. The molecular weight excluding hydrogens is 240 g/mol. The molecule has 0 aromatic heterocycles. The summed E-state index contributed by atoms with van der Waals surface area (Å²) >= 11 is 0. The van der Waals surface area contributed by atoms with Gasteiger partial charge in [0, 0.05) is 6.54 Å². The van der Waals surface area contributed by atoms with Gasteiger partial charge in [0.15, 0.2) is 0 Å². The summed E-state index contributed by atoms with van der Waals surface area (Å²) in [6, 6.07) is 5.26. The molecule has 4 nitrogen and oxygen atoms in total. The fraction of sp³-hybridized carbons (Fsp3) is 0.533. The molecule has 4 heteroatoms. The van der Waals surface area contributed by atoms with E-state index in [2.05, 4.69) is 12.2 Å². The quantitative estimate of drug-likeness (QED) is 0.820. The lowest BCUT2D eigenvalue weighted by molar-refractivity contribution is 0.0935. The molecule has 0 saturated heterocycles. The third-order valence-electron chi connectivity index (χ3n) is 4.02. The molecule has 1 fully saturated rings. The lowest BCUT2D eigenvalue weighted by Crippen LogP contribution is -2.34. The van der Waals surface area contributed by atoms with Crippen molar-refractivity contribution >= 4 is 11.6 Å². The van der Waals surface area contributed by atoms with Gasteiger partial charge in [-0.05, 0) is 30.4 Å². The number of methoxy groups -OCH3 is 1. The zero-order valence-electron chi connectivity index (χ0n) is 11.7. The third kappa shape index (κ3) is 3.00. The van der Waals surface area contributed by atoms with Crippen LogP contribution in [0.3, 0.4) is 0 Å². The maximum Gasteiger partial charge on any atom is 0.253 e. The van der Waals surface area contributed by atoms with Gasteiger partial charge in [-0.25, -0.2) is 0 Å². The minimum atomic E-state index is -0.121. The van der Waals surface area contributed by atoms with Gasteiger partial charge in [0.2, 0.25) is 0 Å². The monoisotopic (exact) mass is 262 g/mol. The Hall–Kier alpha value is -1.71. The van der Waals surface area contributed by atoms with E-state index in [1.807, 2.05) is 0 Å². The average molecular weight is 262 g/mol. The SMILES string of the molecule is COc1cccc(C(=O)NCC2(C)CCCC2)c1N. The standard InChI is InChI=1S/C15H22N2O2/c1-15(8-3-4-9-15)10-17-14(18)11-6-5-7-12(19-2)13(11)16/h5-7H,3-4,8-10,16H2,1-2H3,(H,17,18). The summed E-state index contributed by atoms with van der Waals surface area (Å²) in [6.45, 7) is 2.94. The minimum absolute atomic E-state index is 0.121. The van der Waals surface area contributed by atoms with Crippen molar-refractivity contribution in [3.63, 3.8) is 0 Å². The Morgan fingerprint density at radius 3 is 2.74 bits per heavy atom. The molecular formula is C15H22N2O2. The number of rotatable bonds is 4. The van der Waals surface area contributed by atoms with Gasteiger partial charge < -0.3 is 15.8 Å². The predicted molar refractivity (Wildman–Crippen MR) is 76.3 cm³/mol. The second-order valence-electron chi connectivity index (χ2n) is 5.62. The first kappa shape index (κ1) is 13.7. The normalized spacial score (nSPS) is 17.2. The Labute approximate surface area is 114 Å². The lowest BCUT2D eigenvalue weighted by Gasteiger charge is -2.23. The van der Waals surface area contributed by atoms with Crippen LogP contribution in [0.15, 0.2) is 18.2 Å². The number of nitrogen functional groups attached to an aromatic ring is 1. The van der Waals surface area contributed by atoms with Crippen LogP contribution in [0.2, 0.25) is 0 Å². The van der Waals surface area contributed by atoms with E-state index in [4.69, 9.17) is 10.5 Å². The Kier molecular flexibility index (Phi) is 3.98. The van der Waals surface area contributed by atoms with E-state index in [0.29, 0.717) is 23.5 Å². The van der Waals surface area contributed by atoms with Crippen molar-refractivity contribution in [2.75, 3.05) is 19.4 Å². The number of ether oxygens (including phenoxy) is 1. The van der Waals surface area contributed by atoms with E-state index in [-0.39, 0.29) is 11.3 Å². The number of carbonyl (C=O) groups excluding carboxylic acids is 1. The molecule has 0 heterocycles. The smallest absolute Gasteiger partial charge is 0.253 e. The molecule has 0 aliphatic heterocycles. The van der Waals surface area contributed by atoms with Crippen molar-refractivity contribution in [2.24, 2.45) is 5.41 Å². The number of carbonyl (C=O) groups is 1. The number of nitrogens with one attached hydrogen (secondary N) is 1. The highest BCUT2D eigenvalue weighted by atomic mass is 16.5. The highest BCUT2D eigenvalue weighted by Crippen LogP contribution is 2.36. The van der Waals surface area contributed by atoms with Crippen molar-refractivity contribution in [3.8, 4) is 5.75 Å². The molecule has 1 saturated carbocycles. The van der Waals surface area contributed by atoms with Crippen molar-refractivity contribution in [3.05, 3.63) is 23.8 Å². The molecule has 0 radical (unpaired) electrons. The minimum Gasteiger partial charge on any atom is -0.495 e.